The van der Waals surface area contributed by atoms with Crippen LogP contribution < -0.4 is 16.2 Å². The smallest absolute Gasteiger partial charge is 0.226 e. The third kappa shape index (κ3) is 2.85. The van der Waals surface area contributed by atoms with E-state index in [0.717, 1.165) is 10.0 Å². The number of anilines is 2. The predicted molar refractivity (Wildman–Crippen MR) is 69.8 cm³/mol. The second kappa shape index (κ2) is 4.58. The van der Waals surface area contributed by atoms with Crippen LogP contribution >= 0.6 is 15.9 Å². The van der Waals surface area contributed by atoms with Crippen molar-refractivity contribution in [1.29, 1.82) is 0 Å². The largest absolute Gasteiger partial charge is 0.438 e. The van der Waals surface area contributed by atoms with Gasteiger partial charge in [0.25, 0.3) is 0 Å². The summed E-state index contributed by atoms with van der Waals surface area (Å²) in [6, 6.07) is 7.24. The molecule has 0 bridgehead atoms. The first-order chi connectivity index (χ1) is 8.04. The van der Waals surface area contributed by atoms with Gasteiger partial charge in [-0.3, -0.25) is 0 Å². The highest BCUT2D eigenvalue weighted by molar-refractivity contribution is 9.10. The first-order valence-corrected chi connectivity index (χ1v) is 5.68. The lowest BCUT2D eigenvalue weighted by Gasteiger charge is -2.08. The Kier molecular flexibility index (Phi) is 3.14. The first kappa shape index (κ1) is 11.7. The van der Waals surface area contributed by atoms with Crippen molar-refractivity contribution in [3.8, 4) is 11.6 Å². The van der Waals surface area contributed by atoms with E-state index in [2.05, 4.69) is 25.9 Å². The zero-order chi connectivity index (χ0) is 12.4. The van der Waals surface area contributed by atoms with Gasteiger partial charge in [0.2, 0.25) is 11.8 Å². The van der Waals surface area contributed by atoms with E-state index in [1.807, 2.05) is 25.1 Å². The van der Waals surface area contributed by atoms with Gasteiger partial charge in [-0.25, -0.2) is 0 Å². The Morgan fingerprint density at radius 3 is 2.59 bits per heavy atom. The molecule has 0 aliphatic carbocycles. The van der Waals surface area contributed by atoms with Crippen LogP contribution in [-0.4, -0.2) is 9.97 Å². The number of nitrogens with zero attached hydrogens (tertiary/aromatic N) is 2. The molecule has 0 fully saturated rings. The maximum Gasteiger partial charge on any atom is 0.226 e. The molecule has 0 amide bonds. The number of hydrogen-bond acceptors (Lipinski definition) is 5. The fourth-order valence-corrected chi connectivity index (χ4v) is 1.89. The molecule has 1 aromatic carbocycles. The lowest BCUT2D eigenvalue weighted by atomic mass is 10.2. The summed E-state index contributed by atoms with van der Waals surface area (Å²) >= 11 is 3.41. The van der Waals surface area contributed by atoms with E-state index in [9.17, 15) is 0 Å². The molecule has 6 heteroatoms. The molecule has 1 aromatic heterocycles. The normalized spacial score (nSPS) is 10.2. The zero-order valence-corrected chi connectivity index (χ0v) is 10.7. The minimum absolute atomic E-state index is 0.0863. The summed E-state index contributed by atoms with van der Waals surface area (Å²) in [5, 5.41) is 0. The third-order valence-electron chi connectivity index (χ3n) is 2.04. The Morgan fingerprint density at radius 2 is 1.94 bits per heavy atom. The van der Waals surface area contributed by atoms with Gasteiger partial charge in [0.05, 0.1) is 4.47 Å². The number of rotatable bonds is 2. The fourth-order valence-electron chi connectivity index (χ4n) is 1.31. The Balaban J connectivity index is 2.31. The number of halogens is 1. The maximum absolute atomic E-state index is 5.57. The van der Waals surface area contributed by atoms with Crippen LogP contribution in [0.3, 0.4) is 0 Å². The highest BCUT2D eigenvalue weighted by atomic mass is 79.9. The van der Waals surface area contributed by atoms with Crippen LogP contribution in [0.5, 0.6) is 11.6 Å². The van der Waals surface area contributed by atoms with E-state index >= 15 is 0 Å². The molecular weight excluding hydrogens is 284 g/mol. The molecule has 0 radical (unpaired) electrons. The third-order valence-corrected chi connectivity index (χ3v) is 2.66. The van der Waals surface area contributed by atoms with Crippen LogP contribution in [0.15, 0.2) is 28.7 Å². The summed E-state index contributed by atoms with van der Waals surface area (Å²) in [7, 11) is 0. The lowest BCUT2D eigenvalue weighted by Crippen LogP contribution is -2.01. The molecule has 0 unspecified atom stereocenters. The van der Waals surface area contributed by atoms with Gasteiger partial charge in [-0.15, -0.1) is 0 Å². The molecule has 0 saturated carbocycles. The van der Waals surface area contributed by atoms with Crippen molar-refractivity contribution in [2.45, 2.75) is 6.92 Å². The van der Waals surface area contributed by atoms with Gasteiger partial charge in [0.1, 0.15) is 11.6 Å². The average molecular weight is 295 g/mol. The van der Waals surface area contributed by atoms with Crippen molar-refractivity contribution < 1.29 is 4.74 Å². The summed E-state index contributed by atoms with van der Waals surface area (Å²) in [6.07, 6.45) is 0. The van der Waals surface area contributed by atoms with Gasteiger partial charge < -0.3 is 16.2 Å². The molecule has 0 aliphatic rings. The number of aryl methyl sites for hydroxylation is 1. The van der Waals surface area contributed by atoms with Crippen molar-refractivity contribution in [2.24, 2.45) is 0 Å². The Morgan fingerprint density at radius 1 is 1.18 bits per heavy atom. The summed E-state index contributed by atoms with van der Waals surface area (Å²) in [5.74, 6) is 1.33. The molecule has 4 N–H and O–H groups in total. The zero-order valence-electron chi connectivity index (χ0n) is 9.14. The predicted octanol–water partition coefficient (Wildman–Crippen LogP) is 2.50. The van der Waals surface area contributed by atoms with Crippen LogP contribution in [-0.2, 0) is 0 Å². The number of hydrogen-bond donors (Lipinski definition) is 2. The van der Waals surface area contributed by atoms with Crippen LogP contribution in [0.2, 0.25) is 0 Å². The van der Waals surface area contributed by atoms with E-state index in [1.165, 1.54) is 6.07 Å². The summed E-state index contributed by atoms with van der Waals surface area (Å²) in [5.41, 5.74) is 12.2. The molecular formula is C11H11BrN4O. The van der Waals surface area contributed by atoms with E-state index in [4.69, 9.17) is 16.2 Å². The molecule has 0 spiro atoms. The Bertz CT molecular complexity index is 539. The van der Waals surface area contributed by atoms with Crippen molar-refractivity contribution in [1.82, 2.24) is 9.97 Å². The molecule has 2 aromatic rings. The second-order valence-corrected chi connectivity index (χ2v) is 4.38. The van der Waals surface area contributed by atoms with Crippen LogP contribution in [0.4, 0.5) is 11.8 Å². The van der Waals surface area contributed by atoms with E-state index in [-0.39, 0.29) is 11.8 Å². The molecule has 5 nitrogen and oxygen atoms in total. The minimum atomic E-state index is 0.0863. The van der Waals surface area contributed by atoms with Crippen LogP contribution in [0.25, 0.3) is 0 Å². The second-order valence-electron chi connectivity index (χ2n) is 3.53. The number of aromatic nitrogens is 2. The van der Waals surface area contributed by atoms with Gasteiger partial charge in [-0.05, 0) is 40.5 Å². The lowest BCUT2D eigenvalue weighted by molar-refractivity contribution is 0.460. The van der Waals surface area contributed by atoms with Gasteiger partial charge >= 0.3 is 0 Å². The quantitative estimate of drug-likeness (QED) is 0.888. The van der Waals surface area contributed by atoms with E-state index in [0.29, 0.717) is 11.6 Å². The van der Waals surface area contributed by atoms with Gasteiger partial charge in [0.15, 0.2) is 0 Å². The highest BCUT2D eigenvalue weighted by Crippen LogP contribution is 2.30. The Labute approximate surface area is 107 Å². The Hall–Kier alpha value is -1.82. The van der Waals surface area contributed by atoms with Crippen LogP contribution in [0, 0.1) is 6.92 Å². The van der Waals surface area contributed by atoms with Gasteiger partial charge in [-0.1, -0.05) is 6.07 Å². The summed E-state index contributed by atoms with van der Waals surface area (Å²) < 4.78 is 6.41. The van der Waals surface area contributed by atoms with E-state index < -0.39 is 0 Å². The molecule has 17 heavy (non-hydrogen) atoms. The molecule has 88 valence electrons. The molecule has 0 saturated heterocycles. The minimum Gasteiger partial charge on any atom is -0.438 e. The van der Waals surface area contributed by atoms with Crippen LogP contribution in [0.1, 0.15) is 5.56 Å². The maximum atomic E-state index is 5.57. The van der Waals surface area contributed by atoms with Crippen molar-refractivity contribution in [3.63, 3.8) is 0 Å². The van der Waals surface area contributed by atoms with E-state index in [1.54, 1.807) is 0 Å². The SMILES string of the molecule is Cc1ccc(Oc2cc(N)nc(N)n2)c(Br)c1. The monoisotopic (exact) mass is 294 g/mol. The molecule has 1 heterocycles. The average Bonchev–Trinajstić information content (AvgIpc) is 2.21. The molecule has 0 atom stereocenters. The standard InChI is InChI=1S/C11H11BrN4O/c1-6-2-3-8(7(12)4-6)17-10-5-9(13)15-11(14)16-10/h2-5H,1H3,(H4,13,14,15,16). The summed E-state index contributed by atoms with van der Waals surface area (Å²) in [4.78, 5) is 7.70. The van der Waals surface area contributed by atoms with Gasteiger partial charge in [-0.2, -0.15) is 9.97 Å². The van der Waals surface area contributed by atoms with Crippen molar-refractivity contribution in [3.05, 3.63) is 34.3 Å². The number of ether oxygens (including phenoxy) is 1. The highest BCUT2D eigenvalue weighted by Gasteiger charge is 2.06. The van der Waals surface area contributed by atoms with Gasteiger partial charge in [0, 0.05) is 6.07 Å². The molecule has 2 rings (SSSR count). The van der Waals surface area contributed by atoms with Crippen molar-refractivity contribution in [2.75, 3.05) is 11.5 Å². The van der Waals surface area contributed by atoms with Crippen molar-refractivity contribution >= 4 is 27.7 Å². The molecule has 0 aliphatic heterocycles. The summed E-state index contributed by atoms with van der Waals surface area (Å²) in [6.45, 7) is 2.00. The topological polar surface area (TPSA) is 87.0 Å². The first-order valence-electron chi connectivity index (χ1n) is 4.88. The number of nitrogen functional groups attached to an aromatic ring is 2. The fraction of sp³-hybridized carbons (Fsp3) is 0.0909. The number of nitrogens with two attached hydrogens (primary N) is 2. The number of benzene rings is 1.